The molecular weight excluding hydrogens is 208 g/mol. The molecule has 2 rings (SSSR count). The third kappa shape index (κ3) is 3.26. The molecule has 0 saturated heterocycles. The van der Waals surface area contributed by atoms with E-state index in [1.54, 1.807) is 0 Å². The molecule has 1 aromatic heterocycles. The van der Waals surface area contributed by atoms with Crippen molar-refractivity contribution in [2.24, 2.45) is 5.92 Å². The van der Waals surface area contributed by atoms with E-state index in [2.05, 4.69) is 55.3 Å². The predicted molar refractivity (Wildman–Crippen MR) is 75.5 cm³/mol. The molecule has 17 heavy (non-hydrogen) atoms. The zero-order valence-corrected chi connectivity index (χ0v) is 11.0. The van der Waals surface area contributed by atoms with E-state index in [1.165, 1.54) is 29.4 Å². The van der Waals surface area contributed by atoms with Crippen molar-refractivity contribution in [3.63, 3.8) is 0 Å². The van der Waals surface area contributed by atoms with Crippen LogP contribution in [0.5, 0.6) is 0 Å². The molecular formula is C15H22N2. The van der Waals surface area contributed by atoms with Crippen molar-refractivity contribution in [2.75, 3.05) is 5.32 Å². The molecule has 2 aromatic rings. The van der Waals surface area contributed by atoms with Crippen molar-refractivity contribution in [1.82, 2.24) is 4.98 Å². The van der Waals surface area contributed by atoms with Gasteiger partial charge < -0.3 is 10.3 Å². The molecule has 1 atom stereocenters. The summed E-state index contributed by atoms with van der Waals surface area (Å²) < 4.78 is 0. The lowest BCUT2D eigenvalue weighted by Crippen LogP contribution is -2.15. The lowest BCUT2D eigenvalue weighted by atomic mass is 10.0. The molecule has 1 heterocycles. The summed E-state index contributed by atoms with van der Waals surface area (Å²) in [7, 11) is 0. The zero-order valence-electron chi connectivity index (χ0n) is 11.0. The Hall–Kier alpha value is -1.44. The van der Waals surface area contributed by atoms with Crippen LogP contribution in [0.1, 0.15) is 33.6 Å². The Morgan fingerprint density at radius 3 is 2.71 bits per heavy atom. The molecule has 0 amide bonds. The number of anilines is 1. The van der Waals surface area contributed by atoms with Gasteiger partial charge in [0.2, 0.25) is 0 Å². The second-order valence-corrected chi connectivity index (χ2v) is 5.30. The SMILES string of the molecule is CC(C)CCC(C)Nc1ccc2[nH]ccc2c1. The third-order valence-electron chi connectivity index (χ3n) is 3.14. The predicted octanol–water partition coefficient (Wildman–Crippen LogP) is 4.40. The average molecular weight is 230 g/mol. The van der Waals surface area contributed by atoms with E-state index in [0.29, 0.717) is 6.04 Å². The molecule has 0 saturated carbocycles. The summed E-state index contributed by atoms with van der Waals surface area (Å²) in [5, 5.41) is 4.83. The zero-order chi connectivity index (χ0) is 12.3. The summed E-state index contributed by atoms with van der Waals surface area (Å²) >= 11 is 0. The Bertz CT molecular complexity index is 470. The number of aromatic amines is 1. The first-order valence-corrected chi connectivity index (χ1v) is 6.49. The molecule has 0 fully saturated rings. The van der Waals surface area contributed by atoms with Gasteiger partial charge in [-0.1, -0.05) is 13.8 Å². The van der Waals surface area contributed by atoms with E-state index in [0.717, 1.165) is 5.92 Å². The molecule has 2 heteroatoms. The molecule has 0 spiro atoms. The van der Waals surface area contributed by atoms with Crippen LogP contribution in [0, 0.1) is 5.92 Å². The van der Waals surface area contributed by atoms with Crippen LogP contribution in [0.2, 0.25) is 0 Å². The minimum atomic E-state index is 0.536. The van der Waals surface area contributed by atoms with Gasteiger partial charge in [-0.2, -0.15) is 0 Å². The first-order valence-electron chi connectivity index (χ1n) is 6.49. The van der Waals surface area contributed by atoms with Gasteiger partial charge in [-0.25, -0.2) is 0 Å². The van der Waals surface area contributed by atoms with E-state index < -0.39 is 0 Å². The van der Waals surface area contributed by atoms with Crippen molar-refractivity contribution in [3.8, 4) is 0 Å². The molecule has 0 aliphatic carbocycles. The van der Waals surface area contributed by atoms with E-state index in [4.69, 9.17) is 0 Å². The number of benzene rings is 1. The largest absolute Gasteiger partial charge is 0.383 e. The van der Waals surface area contributed by atoms with E-state index in [9.17, 15) is 0 Å². The lowest BCUT2D eigenvalue weighted by molar-refractivity contribution is 0.528. The number of rotatable bonds is 5. The van der Waals surface area contributed by atoms with Gasteiger partial charge in [0, 0.05) is 28.8 Å². The van der Waals surface area contributed by atoms with Crippen LogP contribution in [-0.2, 0) is 0 Å². The highest BCUT2D eigenvalue weighted by Crippen LogP contribution is 2.19. The Morgan fingerprint density at radius 1 is 1.12 bits per heavy atom. The summed E-state index contributed by atoms with van der Waals surface area (Å²) in [6.45, 7) is 6.81. The van der Waals surface area contributed by atoms with Crippen molar-refractivity contribution in [1.29, 1.82) is 0 Å². The quantitative estimate of drug-likeness (QED) is 0.782. The molecule has 2 N–H and O–H groups in total. The monoisotopic (exact) mass is 230 g/mol. The minimum absolute atomic E-state index is 0.536. The van der Waals surface area contributed by atoms with Crippen LogP contribution in [-0.4, -0.2) is 11.0 Å². The average Bonchev–Trinajstić information content (AvgIpc) is 2.73. The van der Waals surface area contributed by atoms with Gasteiger partial charge in [0.1, 0.15) is 0 Å². The van der Waals surface area contributed by atoms with Crippen molar-refractivity contribution in [2.45, 2.75) is 39.7 Å². The van der Waals surface area contributed by atoms with Gasteiger partial charge >= 0.3 is 0 Å². The second-order valence-electron chi connectivity index (χ2n) is 5.30. The maximum Gasteiger partial charge on any atom is 0.0455 e. The number of hydrogen-bond donors (Lipinski definition) is 2. The summed E-state index contributed by atoms with van der Waals surface area (Å²) in [6, 6.07) is 9.13. The van der Waals surface area contributed by atoms with Crippen LogP contribution in [0.3, 0.4) is 0 Å². The maximum absolute atomic E-state index is 3.57. The molecule has 0 radical (unpaired) electrons. The van der Waals surface area contributed by atoms with Crippen LogP contribution >= 0.6 is 0 Å². The third-order valence-corrected chi connectivity index (χ3v) is 3.14. The standard InChI is InChI=1S/C15H22N2/c1-11(2)4-5-12(3)17-14-6-7-15-13(10-14)8-9-16-15/h6-12,16-17H,4-5H2,1-3H3. The fraction of sp³-hybridized carbons (Fsp3) is 0.467. The van der Waals surface area contributed by atoms with Crippen molar-refractivity contribution < 1.29 is 0 Å². The van der Waals surface area contributed by atoms with E-state index >= 15 is 0 Å². The second kappa shape index (κ2) is 5.26. The van der Waals surface area contributed by atoms with Crippen LogP contribution in [0.25, 0.3) is 10.9 Å². The van der Waals surface area contributed by atoms with Crippen LogP contribution < -0.4 is 5.32 Å². The Labute approximate surface area is 103 Å². The Morgan fingerprint density at radius 2 is 1.94 bits per heavy atom. The number of nitrogens with one attached hydrogen (secondary N) is 2. The fourth-order valence-electron chi connectivity index (χ4n) is 2.08. The summed E-state index contributed by atoms with van der Waals surface area (Å²) in [5.74, 6) is 0.784. The fourth-order valence-corrected chi connectivity index (χ4v) is 2.08. The highest BCUT2D eigenvalue weighted by Gasteiger charge is 2.04. The van der Waals surface area contributed by atoms with E-state index in [-0.39, 0.29) is 0 Å². The first-order chi connectivity index (χ1) is 8.15. The number of H-pyrrole nitrogens is 1. The Kier molecular flexibility index (Phi) is 3.72. The summed E-state index contributed by atoms with van der Waals surface area (Å²) in [4.78, 5) is 3.21. The summed E-state index contributed by atoms with van der Waals surface area (Å²) in [5.41, 5.74) is 2.42. The van der Waals surface area contributed by atoms with Gasteiger partial charge in [-0.15, -0.1) is 0 Å². The minimum Gasteiger partial charge on any atom is -0.383 e. The molecule has 92 valence electrons. The first kappa shape index (κ1) is 12.0. The van der Waals surface area contributed by atoms with E-state index in [1.807, 2.05) is 6.20 Å². The number of hydrogen-bond acceptors (Lipinski definition) is 1. The molecule has 0 bridgehead atoms. The topological polar surface area (TPSA) is 27.8 Å². The smallest absolute Gasteiger partial charge is 0.0455 e. The highest BCUT2D eigenvalue weighted by atomic mass is 14.9. The van der Waals surface area contributed by atoms with Gasteiger partial charge in [0.05, 0.1) is 0 Å². The Balaban J connectivity index is 1.97. The molecule has 0 aliphatic rings. The van der Waals surface area contributed by atoms with Crippen LogP contribution in [0.4, 0.5) is 5.69 Å². The van der Waals surface area contributed by atoms with Crippen molar-refractivity contribution >= 4 is 16.6 Å². The number of aromatic nitrogens is 1. The van der Waals surface area contributed by atoms with Gasteiger partial charge in [0.25, 0.3) is 0 Å². The van der Waals surface area contributed by atoms with Crippen molar-refractivity contribution in [3.05, 3.63) is 30.5 Å². The van der Waals surface area contributed by atoms with Crippen LogP contribution in [0.15, 0.2) is 30.5 Å². The molecule has 2 nitrogen and oxygen atoms in total. The van der Waals surface area contributed by atoms with Gasteiger partial charge in [-0.3, -0.25) is 0 Å². The summed E-state index contributed by atoms with van der Waals surface area (Å²) in [6.07, 6.45) is 4.49. The molecule has 0 aliphatic heterocycles. The normalized spacial score (nSPS) is 13.2. The van der Waals surface area contributed by atoms with Gasteiger partial charge in [0.15, 0.2) is 0 Å². The maximum atomic E-state index is 3.57. The molecule has 1 unspecified atom stereocenters. The lowest BCUT2D eigenvalue weighted by Gasteiger charge is -2.16. The molecule has 1 aromatic carbocycles. The number of fused-ring (bicyclic) bond motifs is 1. The highest BCUT2D eigenvalue weighted by molar-refractivity contribution is 5.82. The van der Waals surface area contributed by atoms with Gasteiger partial charge in [-0.05, 0) is 49.9 Å².